The molecule has 0 saturated carbocycles. The molecule has 1 aliphatic rings. The molecule has 0 radical (unpaired) electrons. The average molecular weight is 299 g/mol. The van der Waals surface area contributed by atoms with E-state index < -0.39 is 0 Å². The van der Waals surface area contributed by atoms with E-state index in [0.717, 1.165) is 32.8 Å². The predicted molar refractivity (Wildman–Crippen MR) is 91.8 cm³/mol. The van der Waals surface area contributed by atoms with Gasteiger partial charge in [0, 0.05) is 38.3 Å². The number of unbranched alkanes of at least 4 members (excludes halogenated alkanes) is 1. The predicted octanol–water partition coefficient (Wildman–Crippen LogP) is 3.54. The molecule has 0 aliphatic carbocycles. The number of nitrogens with zero attached hydrogens (tertiary/aromatic N) is 1. The summed E-state index contributed by atoms with van der Waals surface area (Å²) < 4.78 is 5.80. The molecule has 0 aromatic rings. The third-order valence-corrected chi connectivity index (χ3v) is 4.63. The Kier molecular flexibility index (Phi) is 7.15. The number of ether oxygens (including phenoxy) is 1. The highest BCUT2D eigenvalue weighted by Crippen LogP contribution is 2.30. The molecule has 1 N–H and O–H groups in total. The fourth-order valence-electron chi connectivity index (χ4n) is 3.02. The van der Waals surface area contributed by atoms with Gasteiger partial charge in [-0.05, 0) is 17.3 Å². The minimum absolute atomic E-state index is 0.305. The van der Waals surface area contributed by atoms with E-state index in [1.54, 1.807) is 0 Å². The number of nitrogens with one attached hydrogen (secondary N) is 1. The number of hydrogen-bond donors (Lipinski definition) is 1. The fraction of sp³-hybridized carbons (Fsp3) is 1.00. The number of piperazine rings is 1. The summed E-state index contributed by atoms with van der Waals surface area (Å²) >= 11 is 0. The van der Waals surface area contributed by atoms with E-state index in [1.165, 1.54) is 12.8 Å². The van der Waals surface area contributed by atoms with Crippen molar-refractivity contribution < 1.29 is 4.74 Å². The van der Waals surface area contributed by atoms with Crippen LogP contribution in [-0.2, 0) is 4.74 Å². The summed E-state index contributed by atoms with van der Waals surface area (Å²) in [6.07, 6.45) is 2.39. The molecule has 1 rings (SSSR count). The van der Waals surface area contributed by atoms with Gasteiger partial charge in [0.2, 0.25) is 0 Å². The van der Waals surface area contributed by atoms with Crippen molar-refractivity contribution in [3.8, 4) is 0 Å². The van der Waals surface area contributed by atoms with E-state index in [1.807, 2.05) is 0 Å². The molecule has 0 bridgehead atoms. The Hall–Kier alpha value is -0.120. The quantitative estimate of drug-likeness (QED) is 0.759. The zero-order chi connectivity index (χ0) is 16.1. The van der Waals surface area contributed by atoms with E-state index in [0.29, 0.717) is 22.9 Å². The lowest BCUT2D eigenvalue weighted by atomic mass is 9.79. The molecule has 126 valence electrons. The highest BCUT2D eigenvalue weighted by molar-refractivity contribution is 4.95. The monoisotopic (exact) mass is 298 g/mol. The van der Waals surface area contributed by atoms with E-state index in [2.05, 4.69) is 58.7 Å². The van der Waals surface area contributed by atoms with Gasteiger partial charge in [-0.15, -0.1) is 0 Å². The minimum atomic E-state index is 0.305. The van der Waals surface area contributed by atoms with Gasteiger partial charge in [-0.1, -0.05) is 54.9 Å². The summed E-state index contributed by atoms with van der Waals surface area (Å²) in [5.74, 6) is 0. The fourth-order valence-corrected chi connectivity index (χ4v) is 3.02. The highest BCUT2D eigenvalue weighted by Gasteiger charge is 2.38. The van der Waals surface area contributed by atoms with Crippen LogP contribution in [0.3, 0.4) is 0 Å². The van der Waals surface area contributed by atoms with Crippen LogP contribution in [0.4, 0.5) is 0 Å². The zero-order valence-corrected chi connectivity index (χ0v) is 15.5. The normalized spacial score (nSPS) is 25.3. The number of hydrogen-bond acceptors (Lipinski definition) is 3. The third kappa shape index (κ3) is 6.25. The lowest BCUT2D eigenvalue weighted by molar-refractivity contribution is 0.00739. The molecule has 3 nitrogen and oxygen atoms in total. The Balaban J connectivity index is 2.57. The minimum Gasteiger partial charge on any atom is -0.380 e. The van der Waals surface area contributed by atoms with Gasteiger partial charge in [0.05, 0.1) is 6.61 Å². The molecule has 3 heteroatoms. The van der Waals surface area contributed by atoms with Gasteiger partial charge in [0.25, 0.3) is 0 Å². The van der Waals surface area contributed by atoms with Crippen LogP contribution in [0.15, 0.2) is 0 Å². The second-order valence-corrected chi connectivity index (χ2v) is 8.67. The van der Waals surface area contributed by atoms with Crippen LogP contribution in [0.25, 0.3) is 0 Å². The maximum absolute atomic E-state index is 5.80. The second kappa shape index (κ2) is 7.94. The molecule has 2 unspecified atom stereocenters. The maximum atomic E-state index is 5.80. The first-order chi connectivity index (χ1) is 9.66. The van der Waals surface area contributed by atoms with Crippen molar-refractivity contribution in [1.29, 1.82) is 0 Å². The first-order valence-corrected chi connectivity index (χ1v) is 8.71. The summed E-state index contributed by atoms with van der Waals surface area (Å²) in [5, 5.41) is 3.77. The molecule has 0 spiro atoms. The first kappa shape index (κ1) is 18.9. The summed E-state index contributed by atoms with van der Waals surface area (Å²) in [4.78, 5) is 2.65. The van der Waals surface area contributed by atoms with Crippen molar-refractivity contribution in [1.82, 2.24) is 10.2 Å². The van der Waals surface area contributed by atoms with Gasteiger partial charge in [-0.3, -0.25) is 4.90 Å². The Morgan fingerprint density at radius 2 is 1.71 bits per heavy atom. The molecule has 0 amide bonds. The average Bonchev–Trinajstić information content (AvgIpc) is 2.36. The SMILES string of the molecule is CCCCOCCN1CC(C(C)(C)C)NCC1C(C)(C)C. The molecule has 1 aliphatic heterocycles. The van der Waals surface area contributed by atoms with Crippen LogP contribution in [-0.4, -0.2) is 49.8 Å². The van der Waals surface area contributed by atoms with Crippen molar-refractivity contribution in [3.63, 3.8) is 0 Å². The summed E-state index contributed by atoms with van der Waals surface area (Å²) in [7, 11) is 0. The van der Waals surface area contributed by atoms with Gasteiger partial charge in [-0.2, -0.15) is 0 Å². The first-order valence-electron chi connectivity index (χ1n) is 8.71. The second-order valence-electron chi connectivity index (χ2n) is 8.67. The van der Waals surface area contributed by atoms with Crippen molar-refractivity contribution in [2.24, 2.45) is 10.8 Å². The topological polar surface area (TPSA) is 24.5 Å². The van der Waals surface area contributed by atoms with Gasteiger partial charge in [-0.25, -0.2) is 0 Å². The van der Waals surface area contributed by atoms with Gasteiger partial charge in [0.15, 0.2) is 0 Å². The Morgan fingerprint density at radius 1 is 1.05 bits per heavy atom. The van der Waals surface area contributed by atoms with Crippen molar-refractivity contribution in [2.45, 2.75) is 73.4 Å². The van der Waals surface area contributed by atoms with Crippen LogP contribution in [0.2, 0.25) is 0 Å². The van der Waals surface area contributed by atoms with E-state index in [-0.39, 0.29) is 0 Å². The Labute approximate surface area is 132 Å². The lowest BCUT2D eigenvalue weighted by Crippen LogP contribution is -2.63. The summed E-state index contributed by atoms with van der Waals surface area (Å²) in [5.41, 5.74) is 0.615. The van der Waals surface area contributed by atoms with Crippen molar-refractivity contribution in [2.75, 3.05) is 32.8 Å². The molecule has 2 atom stereocenters. The Morgan fingerprint density at radius 3 is 2.24 bits per heavy atom. The smallest absolute Gasteiger partial charge is 0.0593 e. The summed E-state index contributed by atoms with van der Waals surface area (Å²) in [6.45, 7) is 21.3. The van der Waals surface area contributed by atoms with E-state index in [9.17, 15) is 0 Å². The largest absolute Gasteiger partial charge is 0.380 e. The molecule has 0 aromatic carbocycles. The van der Waals surface area contributed by atoms with Gasteiger partial charge >= 0.3 is 0 Å². The van der Waals surface area contributed by atoms with Crippen LogP contribution < -0.4 is 5.32 Å². The molecule has 1 heterocycles. The van der Waals surface area contributed by atoms with Crippen LogP contribution >= 0.6 is 0 Å². The lowest BCUT2D eigenvalue weighted by Gasteiger charge is -2.49. The molecule has 21 heavy (non-hydrogen) atoms. The molecule has 0 aromatic heterocycles. The van der Waals surface area contributed by atoms with Crippen molar-refractivity contribution in [3.05, 3.63) is 0 Å². The van der Waals surface area contributed by atoms with Crippen LogP contribution in [0, 0.1) is 10.8 Å². The maximum Gasteiger partial charge on any atom is 0.0593 e. The molecular weight excluding hydrogens is 260 g/mol. The third-order valence-electron chi connectivity index (χ3n) is 4.63. The summed E-state index contributed by atoms with van der Waals surface area (Å²) in [6, 6.07) is 1.15. The molecular formula is C18H38N2O. The van der Waals surface area contributed by atoms with Gasteiger partial charge < -0.3 is 10.1 Å². The molecule has 1 saturated heterocycles. The molecule has 1 fully saturated rings. The van der Waals surface area contributed by atoms with E-state index in [4.69, 9.17) is 4.74 Å². The van der Waals surface area contributed by atoms with E-state index >= 15 is 0 Å². The Bertz CT molecular complexity index is 291. The van der Waals surface area contributed by atoms with Crippen LogP contribution in [0.1, 0.15) is 61.3 Å². The number of rotatable bonds is 6. The van der Waals surface area contributed by atoms with Gasteiger partial charge in [0.1, 0.15) is 0 Å². The zero-order valence-electron chi connectivity index (χ0n) is 15.5. The van der Waals surface area contributed by atoms with Crippen molar-refractivity contribution >= 4 is 0 Å². The standard InChI is InChI=1S/C18H38N2O/c1-8-9-11-21-12-10-20-14-15(17(2,3)4)19-13-16(20)18(5,6)7/h15-16,19H,8-14H2,1-7H3. The highest BCUT2D eigenvalue weighted by atomic mass is 16.5. The van der Waals surface area contributed by atoms with Crippen LogP contribution in [0.5, 0.6) is 0 Å².